The van der Waals surface area contributed by atoms with E-state index in [9.17, 15) is 4.79 Å². The summed E-state index contributed by atoms with van der Waals surface area (Å²) in [5, 5.41) is 8.07. The van der Waals surface area contributed by atoms with Gasteiger partial charge in [-0.1, -0.05) is 30.3 Å². The van der Waals surface area contributed by atoms with Crippen molar-refractivity contribution in [3.05, 3.63) is 78.9 Å². The summed E-state index contributed by atoms with van der Waals surface area (Å²) in [6, 6.07) is 17.4. The summed E-state index contributed by atoms with van der Waals surface area (Å²) in [5.41, 5.74) is 0.562. The number of hydrogen-bond donors (Lipinski definition) is 2. The first-order chi connectivity index (χ1) is 14.8. The third-order valence-corrected chi connectivity index (χ3v) is 4.66. The number of carbonyl (C=O) groups excluding carboxylic acids is 1. The number of fused-ring (bicyclic) bond motifs is 1. The number of hydrogen-bond acceptors (Lipinski definition) is 5. The molecule has 0 spiro atoms. The highest BCUT2D eigenvalue weighted by Crippen LogP contribution is 2.28. The summed E-state index contributed by atoms with van der Waals surface area (Å²) >= 11 is 0. The van der Waals surface area contributed by atoms with E-state index in [4.69, 9.17) is 4.74 Å². The van der Waals surface area contributed by atoms with Crippen LogP contribution in [0.15, 0.2) is 73.3 Å². The third-order valence-electron chi connectivity index (χ3n) is 4.66. The molecule has 4 aromatic rings. The maximum atomic E-state index is 12.9. The molecule has 0 saturated carbocycles. The van der Waals surface area contributed by atoms with Crippen LogP contribution in [0.4, 0.5) is 5.82 Å². The summed E-state index contributed by atoms with van der Waals surface area (Å²) in [6.45, 7) is 3.38. The van der Waals surface area contributed by atoms with Gasteiger partial charge in [0.05, 0.1) is 12.2 Å². The fourth-order valence-corrected chi connectivity index (χ4v) is 3.29. The fraction of sp³-hybridized carbons (Fsp3) is 0.174. The number of ether oxygens (including phenoxy) is 1. The normalized spacial score (nSPS) is 10.7. The van der Waals surface area contributed by atoms with Crippen molar-refractivity contribution in [3.8, 4) is 11.6 Å². The Morgan fingerprint density at radius 3 is 2.70 bits per heavy atom. The largest absolute Gasteiger partial charge is 0.493 e. The maximum absolute atomic E-state index is 12.9. The zero-order valence-electron chi connectivity index (χ0n) is 16.7. The van der Waals surface area contributed by atoms with Gasteiger partial charge < -0.3 is 19.9 Å². The Hall–Kier alpha value is -3.87. The second-order valence-electron chi connectivity index (χ2n) is 6.63. The molecular formula is C23H23N5O2. The molecular weight excluding hydrogens is 378 g/mol. The average molecular weight is 401 g/mol. The second kappa shape index (κ2) is 9.09. The molecule has 0 bridgehead atoms. The van der Waals surface area contributed by atoms with E-state index in [0.29, 0.717) is 36.8 Å². The highest BCUT2D eigenvalue weighted by Gasteiger charge is 2.16. The zero-order valence-corrected chi connectivity index (χ0v) is 16.7. The number of anilines is 1. The lowest BCUT2D eigenvalue weighted by molar-refractivity contribution is 0.0953. The topological polar surface area (TPSA) is 81.1 Å². The fourth-order valence-electron chi connectivity index (χ4n) is 3.29. The van der Waals surface area contributed by atoms with E-state index in [0.717, 1.165) is 16.6 Å². The number of aromatic nitrogens is 3. The van der Waals surface area contributed by atoms with Crippen LogP contribution in [0, 0.1) is 0 Å². The van der Waals surface area contributed by atoms with Crippen LogP contribution < -0.4 is 15.4 Å². The Morgan fingerprint density at radius 1 is 1.03 bits per heavy atom. The monoisotopic (exact) mass is 401 g/mol. The van der Waals surface area contributed by atoms with E-state index >= 15 is 0 Å². The third kappa shape index (κ3) is 4.25. The molecule has 2 aromatic heterocycles. The summed E-state index contributed by atoms with van der Waals surface area (Å²) in [4.78, 5) is 21.4. The molecule has 0 unspecified atom stereocenters. The van der Waals surface area contributed by atoms with Crippen molar-refractivity contribution in [2.75, 3.05) is 25.0 Å². The van der Waals surface area contributed by atoms with E-state index in [1.54, 1.807) is 0 Å². The first-order valence-corrected chi connectivity index (χ1v) is 9.88. The van der Waals surface area contributed by atoms with Crippen molar-refractivity contribution in [2.45, 2.75) is 6.92 Å². The lowest BCUT2D eigenvalue weighted by Gasteiger charge is -2.14. The molecule has 7 heteroatoms. The number of carbonyl (C=O) groups is 1. The van der Waals surface area contributed by atoms with Gasteiger partial charge in [0.15, 0.2) is 0 Å². The van der Waals surface area contributed by atoms with E-state index in [-0.39, 0.29) is 5.91 Å². The molecule has 30 heavy (non-hydrogen) atoms. The van der Waals surface area contributed by atoms with Crippen LogP contribution in [0.25, 0.3) is 16.6 Å². The molecule has 7 nitrogen and oxygen atoms in total. The van der Waals surface area contributed by atoms with Crippen LogP contribution >= 0.6 is 0 Å². The quantitative estimate of drug-likeness (QED) is 0.441. The number of nitrogens with one attached hydrogen (secondary N) is 2. The van der Waals surface area contributed by atoms with Crippen LogP contribution in [0.1, 0.15) is 17.3 Å². The molecule has 152 valence electrons. The summed E-state index contributed by atoms with van der Waals surface area (Å²) < 4.78 is 7.60. The van der Waals surface area contributed by atoms with E-state index in [1.807, 2.05) is 78.5 Å². The van der Waals surface area contributed by atoms with E-state index < -0.39 is 0 Å². The molecule has 0 aliphatic heterocycles. The Bertz CT molecular complexity index is 1140. The molecule has 0 aliphatic carbocycles. The van der Waals surface area contributed by atoms with Gasteiger partial charge >= 0.3 is 0 Å². The van der Waals surface area contributed by atoms with Crippen LogP contribution in [0.2, 0.25) is 0 Å². The van der Waals surface area contributed by atoms with E-state index in [1.165, 1.54) is 6.33 Å². The first-order valence-electron chi connectivity index (χ1n) is 9.88. The van der Waals surface area contributed by atoms with Gasteiger partial charge in [-0.3, -0.25) is 4.79 Å². The van der Waals surface area contributed by atoms with Crippen LogP contribution in [-0.2, 0) is 0 Å². The first kappa shape index (κ1) is 19.4. The SMILES string of the molecule is CCOc1ccc2ccccc2c1C(=O)NCCNc1cc(-n2cccc2)ncn1. The van der Waals surface area contributed by atoms with Crippen LogP contribution in [0.3, 0.4) is 0 Å². The van der Waals surface area contributed by atoms with Crippen molar-refractivity contribution in [3.63, 3.8) is 0 Å². The average Bonchev–Trinajstić information content (AvgIpc) is 3.32. The molecule has 2 heterocycles. The van der Waals surface area contributed by atoms with Crippen LogP contribution in [-0.4, -0.2) is 40.1 Å². The summed E-state index contributed by atoms with van der Waals surface area (Å²) in [6.07, 6.45) is 5.36. The highest BCUT2D eigenvalue weighted by molar-refractivity contribution is 6.09. The Kier molecular flexibility index (Phi) is 5.89. The van der Waals surface area contributed by atoms with Gasteiger partial charge in [-0.2, -0.15) is 0 Å². The molecule has 0 radical (unpaired) electrons. The van der Waals surface area contributed by atoms with Crippen molar-refractivity contribution in [1.82, 2.24) is 19.9 Å². The van der Waals surface area contributed by atoms with Crippen molar-refractivity contribution in [1.29, 1.82) is 0 Å². The van der Waals surface area contributed by atoms with Gasteiger partial charge in [0, 0.05) is 31.5 Å². The summed E-state index contributed by atoms with van der Waals surface area (Å²) in [7, 11) is 0. The zero-order chi connectivity index (χ0) is 20.8. The van der Waals surface area contributed by atoms with Crippen molar-refractivity contribution in [2.24, 2.45) is 0 Å². The van der Waals surface area contributed by atoms with Crippen LogP contribution in [0.5, 0.6) is 5.75 Å². The molecule has 2 N–H and O–H groups in total. The maximum Gasteiger partial charge on any atom is 0.255 e. The predicted molar refractivity (Wildman–Crippen MR) is 117 cm³/mol. The van der Waals surface area contributed by atoms with E-state index in [2.05, 4.69) is 20.6 Å². The molecule has 0 aliphatic rings. The molecule has 0 saturated heterocycles. The van der Waals surface area contributed by atoms with Gasteiger partial charge in [-0.05, 0) is 35.9 Å². The second-order valence-corrected chi connectivity index (χ2v) is 6.63. The Labute approximate surface area is 174 Å². The van der Waals surface area contributed by atoms with Gasteiger partial charge in [-0.25, -0.2) is 9.97 Å². The number of rotatable bonds is 8. The molecule has 0 fully saturated rings. The summed E-state index contributed by atoms with van der Waals surface area (Å²) in [5.74, 6) is 1.91. The standard InChI is InChI=1S/C23H23N5O2/c1-2-30-19-10-9-17-7-3-4-8-18(17)22(19)23(29)25-12-11-24-20-15-21(27-16-26-20)28-13-5-6-14-28/h3-10,13-16H,2,11-12H2,1H3,(H,25,29)(H,24,26,27). The molecule has 1 amide bonds. The molecule has 0 atom stereocenters. The molecule has 4 rings (SSSR count). The number of benzene rings is 2. The van der Waals surface area contributed by atoms with Gasteiger partial charge in [0.2, 0.25) is 0 Å². The molecule has 2 aromatic carbocycles. The van der Waals surface area contributed by atoms with Gasteiger partial charge in [-0.15, -0.1) is 0 Å². The number of nitrogens with zero attached hydrogens (tertiary/aromatic N) is 3. The predicted octanol–water partition coefficient (Wildman–Crippen LogP) is 3.66. The Morgan fingerprint density at radius 2 is 1.87 bits per heavy atom. The van der Waals surface area contributed by atoms with Gasteiger partial charge in [0.25, 0.3) is 5.91 Å². The highest BCUT2D eigenvalue weighted by atomic mass is 16.5. The lowest BCUT2D eigenvalue weighted by atomic mass is 10.0. The Balaban J connectivity index is 1.41. The minimum Gasteiger partial charge on any atom is -0.493 e. The van der Waals surface area contributed by atoms with Crippen molar-refractivity contribution >= 4 is 22.5 Å². The smallest absolute Gasteiger partial charge is 0.255 e. The number of amides is 1. The minimum absolute atomic E-state index is 0.159. The lowest BCUT2D eigenvalue weighted by Crippen LogP contribution is -2.29. The van der Waals surface area contributed by atoms with Gasteiger partial charge in [0.1, 0.15) is 23.7 Å². The minimum atomic E-state index is -0.159. The van der Waals surface area contributed by atoms with Crippen molar-refractivity contribution < 1.29 is 9.53 Å².